The van der Waals surface area contributed by atoms with Gasteiger partial charge in [-0.25, -0.2) is 19.7 Å². The maximum atomic E-state index is 12.8. The number of imide groups is 2. The molecule has 0 bridgehead atoms. The van der Waals surface area contributed by atoms with Crippen LogP contribution in [0, 0.1) is 0 Å². The lowest BCUT2D eigenvalue weighted by Gasteiger charge is -2.26. The number of carbonyl (C=O) groups excluding carboxylic acids is 3. The van der Waals surface area contributed by atoms with Crippen LogP contribution in [-0.2, 0) is 9.59 Å². The lowest BCUT2D eigenvalue weighted by atomic mass is 10.1. The predicted octanol–water partition coefficient (Wildman–Crippen LogP) is 2.81. The highest BCUT2D eigenvalue weighted by Gasteiger charge is 2.36. The molecule has 1 fully saturated rings. The Balaban J connectivity index is 1.65. The summed E-state index contributed by atoms with van der Waals surface area (Å²) in [6, 6.07) is 17.0. The van der Waals surface area contributed by atoms with Gasteiger partial charge in [-0.1, -0.05) is 48.5 Å². The third-order valence-corrected chi connectivity index (χ3v) is 4.13. The molecule has 2 aromatic carbocycles. The Kier molecular flexibility index (Phi) is 4.47. The number of hydrogen-bond donors (Lipinski definition) is 1. The smallest absolute Gasteiger partial charge is 0.273 e. The van der Waals surface area contributed by atoms with Gasteiger partial charge in [-0.05, 0) is 18.2 Å². The maximum Gasteiger partial charge on any atom is 0.335 e. The Morgan fingerprint density at radius 3 is 2.07 bits per heavy atom. The predicted molar refractivity (Wildman–Crippen MR) is 103 cm³/mol. The number of amides is 4. The average molecular weight is 370 g/mol. The number of para-hydroxylation sites is 1. The number of aromatic nitrogens is 2. The number of nitrogens with one attached hydrogen (secondary N) is 1. The third-order valence-electron chi connectivity index (χ3n) is 4.13. The van der Waals surface area contributed by atoms with Gasteiger partial charge in [0.1, 0.15) is 5.57 Å². The average Bonchev–Trinajstić information content (AvgIpc) is 2.73. The molecule has 0 saturated carbocycles. The second-order valence-electron chi connectivity index (χ2n) is 6.00. The fraction of sp³-hybridized carbons (Fsp3) is 0. The third kappa shape index (κ3) is 3.28. The van der Waals surface area contributed by atoms with Crippen molar-refractivity contribution in [2.24, 2.45) is 0 Å². The number of benzene rings is 2. The van der Waals surface area contributed by atoms with Crippen LogP contribution in [0.1, 0.15) is 5.56 Å². The number of carbonyl (C=O) groups is 3. The van der Waals surface area contributed by atoms with E-state index < -0.39 is 17.8 Å². The van der Waals surface area contributed by atoms with E-state index >= 15 is 0 Å². The molecule has 136 valence electrons. The van der Waals surface area contributed by atoms with E-state index in [-0.39, 0.29) is 5.57 Å². The Labute approximate surface area is 160 Å². The molecule has 1 aromatic heterocycles. The van der Waals surface area contributed by atoms with Gasteiger partial charge in [-0.3, -0.25) is 14.9 Å². The molecule has 1 N–H and O–H groups in total. The van der Waals surface area contributed by atoms with E-state index in [0.29, 0.717) is 17.1 Å². The van der Waals surface area contributed by atoms with Crippen molar-refractivity contribution in [3.63, 3.8) is 0 Å². The van der Waals surface area contributed by atoms with Crippen molar-refractivity contribution in [2.75, 3.05) is 4.90 Å². The van der Waals surface area contributed by atoms with Crippen molar-refractivity contribution in [1.82, 2.24) is 15.3 Å². The topological polar surface area (TPSA) is 92.3 Å². The van der Waals surface area contributed by atoms with Gasteiger partial charge in [-0.2, -0.15) is 0 Å². The van der Waals surface area contributed by atoms with E-state index in [4.69, 9.17) is 0 Å². The van der Waals surface area contributed by atoms with Gasteiger partial charge in [0.25, 0.3) is 11.8 Å². The summed E-state index contributed by atoms with van der Waals surface area (Å²) < 4.78 is 0. The van der Waals surface area contributed by atoms with Crippen LogP contribution in [0.15, 0.2) is 78.6 Å². The fourth-order valence-corrected chi connectivity index (χ4v) is 2.78. The summed E-state index contributed by atoms with van der Waals surface area (Å²) in [5.74, 6) is -0.926. The molecule has 1 aliphatic heterocycles. The molecule has 0 aliphatic carbocycles. The lowest BCUT2D eigenvalue weighted by molar-refractivity contribution is -0.122. The molecule has 1 saturated heterocycles. The summed E-state index contributed by atoms with van der Waals surface area (Å²) >= 11 is 0. The van der Waals surface area contributed by atoms with Gasteiger partial charge in [0.15, 0.2) is 5.82 Å². The van der Waals surface area contributed by atoms with Crippen molar-refractivity contribution in [1.29, 1.82) is 0 Å². The molecule has 1 aliphatic rings. The number of hydrogen-bond acceptors (Lipinski definition) is 5. The molecular weight excluding hydrogens is 356 g/mol. The molecule has 4 rings (SSSR count). The van der Waals surface area contributed by atoms with E-state index in [2.05, 4.69) is 15.3 Å². The van der Waals surface area contributed by atoms with E-state index in [1.165, 1.54) is 18.5 Å². The fourth-order valence-electron chi connectivity index (χ4n) is 2.78. The van der Waals surface area contributed by atoms with Crippen molar-refractivity contribution in [3.8, 4) is 11.4 Å². The van der Waals surface area contributed by atoms with Crippen LogP contribution in [0.5, 0.6) is 0 Å². The SMILES string of the molecule is O=C1NC(=O)N(c2ccccc2)C(=O)/C1=C/c1cnc(-c2ccccc2)nc1. The van der Waals surface area contributed by atoms with Crippen LogP contribution in [0.25, 0.3) is 17.5 Å². The summed E-state index contributed by atoms with van der Waals surface area (Å²) in [5, 5.41) is 2.18. The molecule has 7 heteroatoms. The Morgan fingerprint density at radius 1 is 0.821 bits per heavy atom. The zero-order valence-electron chi connectivity index (χ0n) is 14.6. The first-order chi connectivity index (χ1) is 13.6. The second-order valence-corrected chi connectivity index (χ2v) is 6.00. The highest BCUT2D eigenvalue weighted by atomic mass is 16.2. The van der Waals surface area contributed by atoms with Gasteiger partial charge in [0, 0.05) is 23.5 Å². The molecule has 3 aromatic rings. The number of anilines is 1. The number of rotatable bonds is 3. The molecular formula is C21H14N4O3. The first kappa shape index (κ1) is 17.3. The molecule has 0 radical (unpaired) electrons. The second kappa shape index (κ2) is 7.24. The van der Waals surface area contributed by atoms with Gasteiger partial charge >= 0.3 is 6.03 Å². The molecule has 0 atom stereocenters. The van der Waals surface area contributed by atoms with E-state index in [1.807, 2.05) is 30.3 Å². The number of barbiturate groups is 1. The van der Waals surface area contributed by atoms with Crippen LogP contribution in [-0.4, -0.2) is 27.8 Å². The van der Waals surface area contributed by atoms with Gasteiger partial charge in [0.2, 0.25) is 0 Å². The highest BCUT2D eigenvalue weighted by Crippen LogP contribution is 2.21. The Bertz CT molecular complexity index is 1080. The van der Waals surface area contributed by atoms with Crippen molar-refractivity contribution in [2.45, 2.75) is 0 Å². The quantitative estimate of drug-likeness (QED) is 0.565. The summed E-state index contributed by atoms with van der Waals surface area (Å²) in [4.78, 5) is 46.6. The lowest BCUT2D eigenvalue weighted by Crippen LogP contribution is -2.54. The highest BCUT2D eigenvalue weighted by molar-refractivity contribution is 6.39. The minimum absolute atomic E-state index is 0.167. The zero-order valence-corrected chi connectivity index (χ0v) is 14.6. The monoisotopic (exact) mass is 370 g/mol. The van der Waals surface area contributed by atoms with Crippen molar-refractivity contribution in [3.05, 3.63) is 84.2 Å². The largest absolute Gasteiger partial charge is 0.335 e. The summed E-state index contributed by atoms with van der Waals surface area (Å²) in [7, 11) is 0. The van der Waals surface area contributed by atoms with E-state index in [0.717, 1.165) is 10.5 Å². The number of urea groups is 1. The number of nitrogens with zero attached hydrogens (tertiary/aromatic N) is 3. The molecule has 7 nitrogen and oxygen atoms in total. The van der Waals surface area contributed by atoms with E-state index in [1.54, 1.807) is 30.3 Å². The first-order valence-corrected chi connectivity index (χ1v) is 8.47. The molecule has 4 amide bonds. The minimum Gasteiger partial charge on any atom is -0.273 e. The van der Waals surface area contributed by atoms with Gasteiger partial charge in [0.05, 0.1) is 5.69 Å². The van der Waals surface area contributed by atoms with Crippen molar-refractivity contribution >= 4 is 29.6 Å². The van der Waals surface area contributed by atoms with Gasteiger partial charge < -0.3 is 0 Å². The Morgan fingerprint density at radius 2 is 1.43 bits per heavy atom. The maximum absolute atomic E-state index is 12.8. The zero-order chi connectivity index (χ0) is 19.5. The molecule has 0 spiro atoms. The molecule has 0 unspecified atom stereocenters. The first-order valence-electron chi connectivity index (χ1n) is 8.47. The van der Waals surface area contributed by atoms with E-state index in [9.17, 15) is 14.4 Å². The molecule has 28 heavy (non-hydrogen) atoms. The normalized spacial score (nSPS) is 15.6. The van der Waals surface area contributed by atoms with Crippen LogP contribution in [0.4, 0.5) is 10.5 Å². The van der Waals surface area contributed by atoms with Crippen LogP contribution in [0.3, 0.4) is 0 Å². The van der Waals surface area contributed by atoms with Gasteiger partial charge in [-0.15, -0.1) is 0 Å². The standard InChI is InChI=1S/C21H14N4O3/c26-19-17(20(27)25(21(28)24-19)16-9-5-2-6-10-16)11-14-12-22-18(23-13-14)15-7-3-1-4-8-15/h1-13H,(H,24,26,28)/b17-11+. The minimum atomic E-state index is -0.783. The van der Waals surface area contributed by atoms with Crippen LogP contribution in [0.2, 0.25) is 0 Å². The summed E-state index contributed by atoms with van der Waals surface area (Å²) in [6.45, 7) is 0. The summed E-state index contributed by atoms with van der Waals surface area (Å²) in [6.07, 6.45) is 4.41. The van der Waals surface area contributed by atoms with Crippen LogP contribution >= 0.6 is 0 Å². The van der Waals surface area contributed by atoms with Crippen molar-refractivity contribution < 1.29 is 14.4 Å². The Hall–Kier alpha value is -4.13. The molecule has 2 heterocycles. The van der Waals surface area contributed by atoms with Crippen LogP contribution < -0.4 is 10.2 Å². The summed E-state index contributed by atoms with van der Waals surface area (Å²) in [5.41, 5.74) is 1.54.